The van der Waals surface area contributed by atoms with Crippen molar-refractivity contribution in [1.82, 2.24) is 4.90 Å². The lowest BCUT2D eigenvalue weighted by Gasteiger charge is -2.27. The Kier molecular flexibility index (Phi) is 5.75. The van der Waals surface area contributed by atoms with Crippen LogP contribution in [0.4, 0.5) is 4.39 Å². The van der Waals surface area contributed by atoms with E-state index in [-0.39, 0.29) is 18.3 Å². The van der Waals surface area contributed by atoms with Gasteiger partial charge in [0.05, 0.1) is 10.9 Å². The van der Waals surface area contributed by atoms with Crippen molar-refractivity contribution in [2.24, 2.45) is 0 Å². The van der Waals surface area contributed by atoms with E-state index < -0.39 is 5.97 Å². The van der Waals surface area contributed by atoms with Crippen molar-refractivity contribution in [2.75, 3.05) is 6.54 Å². The Hall–Kier alpha value is -0.940. The van der Waals surface area contributed by atoms with Crippen molar-refractivity contribution in [3.63, 3.8) is 0 Å². The monoisotopic (exact) mass is 317 g/mol. The van der Waals surface area contributed by atoms with Crippen LogP contribution in [0.1, 0.15) is 25.8 Å². The summed E-state index contributed by atoms with van der Waals surface area (Å²) in [4.78, 5) is 12.7. The second-order valence-electron chi connectivity index (χ2n) is 4.22. The third kappa shape index (κ3) is 4.07. The van der Waals surface area contributed by atoms with Gasteiger partial charge in [0.2, 0.25) is 0 Å². The molecule has 1 unspecified atom stereocenters. The highest BCUT2D eigenvalue weighted by molar-refractivity contribution is 9.10. The number of hydrogen-bond acceptors (Lipinski definition) is 2. The molecule has 1 aromatic rings. The third-order valence-corrected chi connectivity index (χ3v) is 3.79. The maximum Gasteiger partial charge on any atom is 0.304 e. The summed E-state index contributed by atoms with van der Waals surface area (Å²) in [6.45, 7) is 5.08. The molecule has 18 heavy (non-hydrogen) atoms. The molecule has 3 nitrogen and oxygen atoms in total. The first-order valence-electron chi connectivity index (χ1n) is 5.84. The van der Waals surface area contributed by atoms with E-state index in [9.17, 15) is 9.18 Å². The van der Waals surface area contributed by atoms with Gasteiger partial charge in [0.1, 0.15) is 5.82 Å². The van der Waals surface area contributed by atoms with Crippen LogP contribution in [0, 0.1) is 5.82 Å². The molecule has 0 bridgehead atoms. The molecule has 0 amide bonds. The lowest BCUT2D eigenvalue weighted by molar-refractivity contribution is -0.138. The van der Waals surface area contributed by atoms with Crippen LogP contribution in [0.25, 0.3) is 0 Å². The Morgan fingerprint density at radius 1 is 1.56 bits per heavy atom. The molecule has 0 saturated heterocycles. The van der Waals surface area contributed by atoms with E-state index in [4.69, 9.17) is 5.11 Å². The van der Waals surface area contributed by atoms with Gasteiger partial charge in [0, 0.05) is 12.6 Å². The summed E-state index contributed by atoms with van der Waals surface area (Å²) in [5.41, 5.74) is 0.828. The fourth-order valence-electron chi connectivity index (χ4n) is 1.85. The first-order chi connectivity index (χ1) is 8.45. The van der Waals surface area contributed by atoms with Crippen LogP contribution >= 0.6 is 15.9 Å². The SMILES string of the molecule is CCN(Cc1cccc(F)c1Br)C(C)CC(=O)O. The third-order valence-electron chi connectivity index (χ3n) is 2.90. The lowest BCUT2D eigenvalue weighted by atomic mass is 10.1. The predicted octanol–water partition coefficient (Wildman–Crippen LogP) is 3.27. The van der Waals surface area contributed by atoms with Crippen molar-refractivity contribution >= 4 is 21.9 Å². The fourth-order valence-corrected chi connectivity index (χ4v) is 2.24. The van der Waals surface area contributed by atoms with Gasteiger partial charge in [-0.1, -0.05) is 19.1 Å². The number of carbonyl (C=O) groups is 1. The Labute approximate surface area is 115 Å². The Morgan fingerprint density at radius 3 is 2.78 bits per heavy atom. The molecule has 0 radical (unpaired) electrons. The van der Waals surface area contributed by atoms with Gasteiger partial charge < -0.3 is 5.11 Å². The van der Waals surface area contributed by atoms with Gasteiger partial charge in [-0.2, -0.15) is 0 Å². The molecule has 0 saturated carbocycles. The average molecular weight is 318 g/mol. The zero-order chi connectivity index (χ0) is 13.7. The van der Waals surface area contributed by atoms with Gasteiger partial charge in [-0.05, 0) is 41.0 Å². The molecular formula is C13H17BrFNO2. The summed E-state index contributed by atoms with van der Waals surface area (Å²) in [6, 6.07) is 4.81. The summed E-state index contributed by atoms with van der Waals surface area (Å²) in [5.74, 6) is -1.12. The van der Waals surface area contributed by atoms with E-state index in [0.29, 0.717) is 11.0 Å². The van der Waals surface area contributed by atoms with Crippen LogP contribution in [0.5, 0.6) is 0 Å². The van der Waals surface area contributed by atoms with Gasteiger partial charge in [-0.25, -0.2) is 4.39 Å². The van der Waals surface area contributed by atoms with Crippen molar-refractivity contribution in [1.29, 1.82) is 0 Å². The van der Waals surface area contributed by atoms with E-state index >= 15 is 0 Å². The molecule has 0 fully saturated rings. The van der Waals surface area contributed by atoms with Gasteiger partial charge in [-0.3, -0.25) is 9.69 Å². The van der Waals surface area contributed by atoms with Gasteiger partial charge >= 0.3 is 5.97 Å². The predicted molar refractivity (Wildman–Crippen MR) is 71.9 cm³/mol. The van der Waals surface area contributed by atoms with Crippen LogP contribution < -0.4 is 0 Å². The molecule has 0 aliphatic carbocycles. The van der Waals surface area contributed by atoms with E-state index in [1.807, 2.05) is 24.8 Å². The molecule has 1 N–H and O–H groups in total. The van der Waals surface area contributed by atoms with Gasteiger partial charge in [0.25, 0.3) is 0 Å². The normalized spacial score (nSPS) is 12.7. The Bertz CT molecular complexity index is 425. The summed E-state index contributed by atoms with van der Waals surface area (Å²) in [7, 11) is 0. The van der Waals surface area contributed by atoms with E-state index in [1.165, 1.54) is 6.07 Å². The lowest BCUT2D eigenvalue weighted by Crippen LogP contribution is -2.34. The molecule has 1 aromatic carbocycles. The second kappa shape index (κ2) is 6.85. The highest BCUT2D eigenvalue weighted by Gasteiger charge is 2.17. The molecule has 1 atom stereocenters. The summed E-state index contributed by atoms with van der Waals surface area (Å²) in [6.07, 6.45) is 0.0841. The number of carboxylic acid groups (broad SMARTS) is 1. The quantitative estimate of drug-likeness (QED) is 0.875. The van der Waals surface area contributed by atoms with Crippen molar-refractivity contribution in [3.05, 3.63) is 34.1 Å². The fraction of sp³-hybridized carbons (Fsp3) is 0.462. The number of rotatable bonds is 6. The number of carboxylic acids is 1. The minimum absolute atomic E-state index is 0.0809. The van der Waals surface area contributed by atoms with Crippen LogP contribution in [0.2, 0.25) is 0 Å². The topological polar surface area (TPSA) is 40.5 Å². The largest absolute Gasteiger partial charge is 0.481 e. The minimum atomic E-state index is -0.820. The molecule has 5 heteroatoms. The first-order valence-corrected chi connectivity index (χ1v) is 6.63. The molecular weight excluding hydrogens is 301 g/mol. The van der Waals surface area contributed by atoms with Crippen LogP contribution in [0.15, 0.2) is 22.7 Å². The molecule has 1 rings (SSSR count). The van der Waals surface area contributed by atoms with Crippen molar-refractivity contribution in [2.45, 2.75) is 32.9 Å². The standard InChI is InChI=1S/C13H17BrFNO2/c1-3-16(9(2)7-12(17)18)8-10-5-4-6-11(15)13(10)14/h4-6,9H,3,7-8H2,1-2H3,(H,17,18). The zero-order valence-corrected chi connectivity index (χ0v) is 12.1. The van der Waals surface area contributed by atoms with Crippen LogP contribution in [-0.4, -0.2) is 28.6 Å². The number of nitrogens with zero attached hydrogens (tertiary/aromatic N) is 1. The summed E-state index contributed by atoms with van der Waals surface area (Å²) < 4.78 is 13.8. The van der Waals surface area contributed by atoms with Crippen LogP contribution in [-0.2, 0) is 11.3 Å². The molecule has 0 heterocycles. The number of aliphatic carboxylic acids is 1. The smallest absolute Gasteiger partial charge is 0.304 e. The molecule has 0 aliphatic rings. The van der Waals surface area contributed by atoms with Gasteiger partial charge in [0.15, 0.2) is 0 Å². The van der Waals surface area contributed by atoms with E-state index in [2.05, 4.69) is 15.9 Å². The highest BCUT2D eigenvalue weighted by atomic mass is 79.9. The number of hydrogen-bond donors (Lipinski definition) is 1. The van der Waals surface area contributed by atoms with Crippen LogP contribution in [0.3, 0.4) is 0 Å². The summed E-state index contributed by atoms with van der Waals surface area (Å²) >= 11 is 3.22. The first kappa shape index (κ1) is 15.1. The van der Waals surface area contributed by atoms with E-state index in [0.717, 1.165) is 12.1 Å². The second-order valence-corrected chi connectivity index (χ2v) is 5.02. The highest BCUT2D eigenvalue weighted by Crippen LogP contribution is 2.22. The zero-order valence-electron chi connectivity index (χ0n) is 10.5. The summed E-state index contributed by atoms with van der Waals surface area (Å²) in [5, 5.41) is 8.80. The van der Waals surface area contributed by atoms with E-state index in [1.54, 1.807) is 6.07 Å². The molecule has 0 spiro atoms. The maximum atomic E-state index is 13.4. The maximum absolute atomic E-state index is 13.4. The number of benzene rings is 1. The Morgan fingerprint density at radius 2 is 2.22 bits per heavy atom. The number of halogens is 2. The van der Waals surface area contributed by atoms with Gasteiger partial charge in [-0.15, -0.1) is 0 Å². The Balaban J connectivity index is 2.79. The van der Waals surface area contributed by atoms with Crippen molar-refractivity contribution in [3.8, 4) is 0 Å². The molecule has 0 aliphatic heterocycles. The molecule has 0 aromatic heterocycles. The van der Waals surface area contributed by atoms with Crippen molar-refractivity contribution < 1.29 is 14.3 Å². The molecule has 100 valence electrons. The minimum Gasteiger partial charge on any atom is -0.481 e. The average Bonchev–Trinajstić information content (AvgIpc) is 2.30.